The van der Waals surface area contributed by atoms with E-state index in [9.17, 15) is 14.9 Å². The van der Waals surface area contributed by atoms with E-state index in [2.05, 4.69) is 10.1 Å². The average molecular weight is 354 g/mol. The molecular weight excluding hydrogens is 340 g/mol. The van der Waals surface area contributed by atoms with Crippen LogP contribution in [0.5, 0.6) is 0 Å². The summed E-state index contributed by atoms with van der Waals surface area (Å²) in [5, 5.41) is 13.3. The molecule has 0 amide bonds. The topological polar surface area (TPSA) is 142 Å². The van der Waals surface area contributed by atoms with Crippen molar-refractivity contribution in [1.82, 2.24) is 19.3 Å². The van der Waals surface area contributed by atoms with Gasteiger partial charge in [-0.3, -0.25) is 9.36 Å². The van der Waals surface area contributed by atoms with Crippen LogP contribution in [-0.2, 0) is 11.8 Å². The summed E-state index contributed by atoms with van der Waals surface area (Å²) in [4.78, 5) is 28.8. The van der Waals surface area contributed by atoms with Crippen molar-refractivity contribution in [3.05, 3.63) is 46.1 Å². The Labute approximate surface area is 147 Å². The zero-order valence-electron chi connectivity index (χ0n) is 14.0. The molecule has 0 unspecified atom stereocenters. The van der Waals surface area contributed by atoms with Gasteiger partial charge in [-0.2, -0.15) is 15.0 Å². The number of esters is 1. The highest BCUT2D eigenvalue weighted by Gasteiger charge is 2.23. The van der Waals surface area contributed by atoms with Gasteiger partial charge in [-0.25, -0.2) is 9.78 Å². The molecule has 2 N–H and O–H groups in total. The number of carbonyl (C=O) groups excluding carboxylic acids is 1. The minimum absolute atomic E-state index is 0.0217. The number of ether oxygens (including phenoxy) is 1. The molecule has 0 radical (unpaired) electrons. The fraction of sp³-hybridized carbons (Fsp3) is 0.188. The number of carbonyl (C=O) groups is 1. The smallest absolute Gasteiger partial charge is 0.343 e. The van der Waals surface area contributed by atoms with Crippen LogP contribution >= 0.6 is 0 Å². The molecule has 0 aromatic carbocycles. The minimum atomic E-state index is -0.638. The van der Waals surface area contributed by atoms with E-state index in [1.807, 2.05) is 6.07 Å². The zero-order chi connectivity index (χ0) is 18.8. The third-order valence-electron chi connectivity index (χ3n) is 3.62. The summed E-state index contributed by atoms with van der Waals surface area (Å²) >= 11 is 0. The second-order valence-electron chi connectivity index (χ2n) is 5.16. The maximum absolute atomic E-state index is 12.5. The van der Waals surface area contributed by atoms with Gasteiger partial charge in [0, 0.05) is 7.05 Å². The van der Waals surface area contributed by atoms with Crippen molar-refractivity contribution < 1.29 is 13.9 Å². The van der Waals surface area contributed by atoms with E-state index < -0.39 is 11.5 Å². The largest absolute Gasteiger partial charge is 0.463 e. The Morgan fingerprint density at radius 2 is 2.27 bits per heavy atom. The highest BCUT2D eigenvalue weighted by atomic mass is 16.5. The fourth-order valence-electron chi connectivity index (χ4n) is 2.36. The van der Waals surface area contributed by atoms with Gasteiger partial charge < -0.3 is 14.9 Å². The van der Waals surface area contributed by atoms with Crippen molar-refractivity contribution in [3.63, 3.8) is 0 Å². The molecule has 0 aliphatic heterocycles. The van der Waals surface area contributed by atoms with Gasteiger partial charge in [-0.05, 0) is 19.1 Å². The number of furan rings is 1. The van der Waals surface area contributed by atoms with Gasteiger partial charge in [0.25, 0.3) is 5.56 Å². The highest BCUT2D eigenvalue weighted by molar-refractivity contribution is 5.94. The first-order valence-electron chi connectivity index (χ1n) is 7.55. The Balaban J connectivity index is 2.23. The van der Waals surface area contributed by atoms with Crippen molar-refractivity contribution in [2.24, 2.45) is 7.05 Å². The van der Waals surface area contributed by atoms with Crippen molar-refractivity contribution in [1.29, 1.82) is 5.26 Å². The molecule has 26 heavy (non-hydrogen) atoms. The van der Waals surface area contributed by atoms with Crippen molar-refractivity contribution in [2.75, 3.05) is 12.3 Å². The molecule has 0 saturated heterocycles. The molecule has 0 aliphatic rings. The van der Waals surface area contributed by atoms with E-state index in [4.69, 9.17) is 14.9 Å². The molecule has 0 saturated carbocycles. The summed E-state index contributed by atoms with van der Waals surface area (Å²) in [5.74, 6) is -0.410. The fourth-order valence-corrected chi connectivity index (χ4v) is 2.36. The van der Waals surface area contributed by atoms with Gasteiger partial charge in [0.15, 0.2) is 5.76 Å². The molecule has 3 aromatic heterocycles. The lowest BCUT2D eigenvalue weighted by atomic mass is 10.2. The molecule has 0 fully saturated rings. The summed E-state index contributed by atoms with van der Waals surface area (Å²) in [6, 6.07) is 5.02. The third kappa shape index (κ3) is 2.61. The first kappa shape index (κ1) is 17.0. The van der Waals surface area contributed by atoms with E-state index >= 15 is 0 Å². The molecule has 0 spiro atoms. The summed E-state index contributed by atoms with van der Waals surface area (Å²) < 4.78 is 12.4. The number of hydrogen-bond donors (Lipinski definition) is 1. The Bertz CT molecular complexity index is 1070. The molecule has 0 atom stereocenters. The van der Waals surface area contributed by atoms with Crippen molar-refractivity contribution in [3.8, 4) is 23.5 Å². The number of aromatic nitrogens is 4. The lowest BCUT2D eigenvalue weighted by molar-refractivity contribution is 0.0527. The lowest BCUT2D eigenvalue weighted by Crippen LogP contribution is -2.27. The molecule has 132 valence electrons. The summed E-state index contributed by atoms with van der Waals surface area (Å²) in [7, 11) is 1.42. The first-order chi connectivity index (χ1) is 12.5. The van der Waals surface area contributed by atoms with Crippen LogP contribution in [0.3, 0.4) is 0 Å². The Kier molecular flexibility index (Phi) is 4.28. The number of nitriles is 1. The van der Waals surface area contributed by atoms with Gasteiger partial charge in [0.2, 0.25) is 5.95 Å². The second kappa shape index (κ2) is 6.56. The lowest BCUT2D eigenvalue weighted by Gasteiger charge is -2.11. The molecule has 0 bridgehead atoms. The minimum Gasteiger partial charge on any atom is -0.463 e. The molecule has 3 heterocycles. The summed E-state index contributed by atoms with van der Waals surface area (Å²) in [5.41, 5.74) is 5.31. The maximum atomic E-state index is 12.5. The van der Waals surface area contributed by atoms with Crippen LogP contribution in [0.4, 0.5) is 5.82 Å². The van der Waals surface area contributed by atoms with Crippen LogP contribution in [0, 0.1) is 11.3 Å². The van der Waals surface area contributed by atoms with Gasteiger partial charge in [-0.1, -0.05) is 0 Å². The quantitative estimate of drug-likeness (QED) is 0.680. The Morgan fingerprint density at radius 3 is 2.88 bits per heavy atom. The van der Waals surface area contributed by atoms with Crippen LogP contribution < -0.4 is 11.3 Å². The number of nitrogens with zero attached hydrogens (tertiary/aromatic N) is 5. The zero-order valence-corrected chi connectivity index (χ0v) is 14.0. The molecule has 3 aromatic rings. The second-order valence-corrected chi connectivity index (χ2v) is 5.16. The monoisotopic (exact) mass is 354 g/mol. The van der Waals surface area contributed by atoms with Gasteiger partial charge in [-0.15, -0.1) is 0 Å². The van der Waals surface area contributed by atoms with Crippen LogP contribution in [0.25, 0.3) is 17.4 Å². The average Bonchev–Trinajstić information content (AvgIpc) is 3.27. The van der Waals surface area contributed by atoms with E-state index in [1.54, 1.807) is 19.1 Å². The molecule has 0 aliphatic carbocycles. The normalized spacial score (nSPS) is 10.5. The molecule has 10 heteroatoms. The molecular formula is C16H14N6O4. The predicted octanol–water partition coefficient (Wildman–Crippen LogP) is 0.857. The predicted molar refractivity (Wildman–Crippen MR) is 89.4 cm³/mol. The van der Waals surface area contributed by atoms with Crippen LogP contribution in [0.1, 0.15) is 22.8 Å². The first-order valence-corrected chi connectivity index (χ1v) is 7.55. The number of nitrogen functional groups attached to an aromatic ring is 1. The summed E-state index contributed by atoms with van der Waals surface area (Å²) in [6.45, 7) is 1.85. The van der Waals surface area contributed by atoms with Crippen LogP contribution in [0.15, 0.2) is 33.8 Å². The third-order valence-corrected chi connectivity index (χ3v) is 3.62. The van der Waals surface area contributed by atoms with E-state index in [-0.39, 0.29) is 41.0 Å². The number of anilines is 1. The molecule has 3 rings (SSSR count). The number of nitrogens with two attached hydrogens (primary N) is 1. The van der Waals surface area contributed by atoms with Crippen LogP contribution in [-0.4, -0.2) is 31.9 Å². The number of rotatable bonds is 4. The number of hydrogen-bond acceptors (Lipinski definition) is 8. The van der Waals surface area contributed by atoms with Crippen molar-refractivity contribution in [2.45, 2.75) is 6.92 Å². The van der Waals surface area contributed by atoms with Crippen LogP contribution in [0.2, 0.25) is 0 Å². The van der Waals surface area contributed by atoms with Gasteiger partial charge >= 0.3 is 5.97 Å². The van der Waals surface area contributed by atoms with Crippen molar-refractivity contribution >= 4 is 11.8 Å². The maximum Gasteiger partial charge on any atom is 0.343 e. The van der Waals surface area contributed by atoms with E-state index in [1.165, 1.54) is 19.5 Å². The van der Waals surface area contributed by atoms with Gasteiger partial charge in [0.1, 0.15) is 28.7 Å². The van der Waals surface area contributed by atoms with Gasteiger partial charge in [0.05, 0.1) is 19.1 Å². The Hall–Kier alpha value is -3.87. The summed E-state index contributed by atoms with van der Waals surface area (Å²) in [6.07, 6.45) is 2.63. The standard InChI is InChI=1S/C16H14N6O4/c1-3-25-15(24)10-8-19-22(13(10)18)16-20-12(11-5-4-6-26-11)9(7-17)14(23)21(16)2/h4-6,8H,3,18H2,1-2H3. The highest BCUT2D eigenvalue weighted by Crippen LogP contribution is 2.22. The Morgan fingerprint density at radius 1 is 1.50 bits per heavy atom. The SMILES string of the molecule is CCOC(=O)c1cnn(-c2nc(-c3ccco3)c(C#N)c(=O)n2C)c1N. The van der Waals surface area contributed by atoms with E-state index in [0.717, 1.165) is 9.25 Å². The molecule has 10 nitrogen and oxygen atoms in total. The van der Waals surface area contributed by atoms with E-state index in [0.29, 0.717) is 0 Å².